The summed E-state index contributed by atoms with van der Waals surface area (Å²) in [5.41, 5.74) is 0. The third-order valence-electron chi connectivity index (χ3n) is 1.47. The van der Waals surface area contributed by atoms with E-state index in [0.29, 0.717) is 5.75 Å². The second-order valence-electron chi connectivity index (χ2n) is 2.53. The topological polar surface area (TPSA) is 43.4 Å². The molecule has 0 saturated carbocycles. The molecule has 0 spiro atoms. The molecule has 0 aromatic heterocycles. The van der Waals surface area contributed by atoms with Crippen molar-refractivity contribution in [3.63, 3.8) is 0 Å². The van der Waals surface area contributed by atoms with E-state index in [-0.39, 0.29) is 4.90 Å². The van der Waals surface area contributed by atoms with Crippen LogP contribution in [0.25, 0.3) is 0 Å². The molecule has 0 atom stereocenters. The van der Waals surface area contributed by atoms with Crippen molar-refractivity contribution in [1.29, 1.82) is 0 Å². The van der Waals surface area contributed by atoms with Gasteiger partial charge in [0.2, 0.25) is 0 Å². The first-order valence-electron chi connectivity index (χ1n) is 3.62. The van der Waals surface area contributed by atoms with E-state index in [1.165, 1.54) is 18.4 Å². The first-order valence-corrected chi connectivity index (χ1v) is 5.51. The van der Waals surface area contributed by atoms with Crippen LogP contribution in [0, 0.1) is 0 Å². The minimum atomic E-state index is -3.12. The molecule has 4 heteroatoms. The van der Waals surface area contributed by atoms with Crippen LogP contribution in [0.4, 0.5) is 0 Å². The molecule has 0 N–H and O–H groups in total. The maximum absolute atomic E-state index is 11.0. The summed E-state index contributed by atoms with van der Waals surface area (Å²) in [5.74, 6) is 0.572. The number of sulfone groups is 1. The van der Waals surface area contributed by atoms with Gasteiger partial charge in [-0.3, -0.25) is 0 Å². The van der Waals surface area contributed by atoms with Gasteiger partial charge in [-0.15, -0.1) is 0 Å². The van der Waals surface area contributed by atoms with Crippen LogP contribution in [0.2, 0.25) is 0 Å². The maximum atomic E-state index is 11.0. The SMILES string of the molecule is C=COc1ccc(S(C)(=O)=O)cc1. The van der Waals surface area contributed by atoms with Crippen LogP contribution in [-0.2, 0) is 9.84 Å². The molecule has 0 fully saturated rings. The van der Waals surface area contributed by atoms with E-state index in [2.05, 4.69) is 6.58 Å². The van der Waals surface area contributed by atoms with Crippen LogP contribution < -0.4 is 4.74 Å². The molecule has 1 aromatic carbocycles. The van der Waals surface area contributed by atoms with Gasteiger partial charge in [0.15, 0.2) is 9.84 Å². The molecular weight excluding hydrogens is 188 g/mol. The molecule has 0 saturated heterocycles. The molecular formula is C9H10O3S. The van der Waals surface area contributed by atoms with Gasteiger partial charge in [0.05, 0.1) is 11.2 Å². The fourth-order valence-corrected chi connectivity index (χ4v) is 1.49. The largest absolute Gasteiger partial charge is 0.466 e. The highest BCUT2D eigenvalue weighted by atomic mass is 32.2. The third kappa shape index (κ3) is 2.59. The highest BCUT2D eigenvalue weighted by Gasteiger charge is 2.05. The number of hydrogen-bond donors (Lipinski definition) is 0. The number of hydrogen-bond acceptors (Lipinski definition) is 3. The summed E-state index contributed by atoms with van der Waals surface area (Å²) < 4.78 is 27.0. The van der Waals surface area contributed by atoms with E-state index in [1.54, 1.807) is 12.1 Å². The Hall–Kier alpha value is -1.29. The van der Waals surface area contributed by atoms with Gasteiger partial charge in [-0.1, -0.05) is 6.58 Å². The summed E-state index contributed by atoms with van der Waals surface area (Å²) >= 11 is 0. The van der Waals surface area contributed by atoms with Crippen LogP contribution in [0.1, 0.15) is 0 Å². The predicted octanol–water partition coefficient (Wildman–Crippen LogP) is 1.61. The van der Waals surface area contributed by atoms with E-state index >= 15 is 0 Å². The summed E-state index contributed by atoms with van der Waals surface area (Å²) in [6.07, 6.45) is 2.45. The van der Waals surface area contributed by atoms with Gasteiger partial charge < -0.3 is 4.74 Å². The van der Waals surface area contributed by atoms with Crippen molar-refractivity contribution >= 4 is 9.84 Å². The first kappa shape index (κ1) is 9.80. The molecule has 70 valence electrons. The molecule has 0 bridgehead atoms. The molecule has 0 radical (unpaired) electrons. The number of benzene rings is 1. The summed E-state index contributed by atoms with van der Waals surface area (Å²) in [7, 11) is -3.12. The Kier molecular flexibility index (Phi) is 2.72. The van der Waals surface area contributed by atoms with Gasteiger partial charge in [0.25, 0.3) is 0 Å². The first-order chi connectivity index (χ1) is 6.04. The molecule has 0 unspecified atom stereocenters. The lowest BCUT2D eigenvalue weighted by Gasteiger charge is -2.00. The molecule has 0 amide bonds. The summed E-state index contributed by atoms with van der Waals surface area (Å²) in [4.78, 5) is 0.281. The van der Waals surface area contributed by atoms with Gasteiger partial charge in [-0.2, -0.15) is 0 Å². The molecule has 0 aliphatic carbocycles. The van der Waals surface area contributed by atoms with Crippen molar-refractivity contribution in [3.05, 3.63) is 37.1 Å². The zero-order chi connectivity index (χ0) is 9.90. The van der Waals surface area contributed by atoms with E-state index in [9.17, 15) is 8.42 Å². The summed E-state index contributed by atoms with van der Waals surface area (Å²) in [6, 6.07) is 6.15. The average Bonchev–Trinajstić information content (AvgIpc) is 2.04. The van der Waals surface area contributed by atoms with Crippen molar-refractivity contribution in [2.24, 2.45) is 0 Å². The molecule has 3 nitrogen and oxygen atoms in total. The summed E-state index contributed by atoms with van der Waals surface area (Å²) in [5, 5.41) is 0. The lowest BCUT2D eigenvalue weighted by Crippen LogP contribution is -1.96. The predicted molar refractivity (Wildman–Crippen MR) is 50.4 cm³/mol. The minimum absolute atomic E-state index is 0.281. The van der Waals surface area contributed by atoms with Crippen LogP contribution in [-0.4, -0.2) is 14.7 Å². The molecule has 1 aromatic rings. The smallest absolute Gasteiger partial charge is 0.175 e. The fraction of sp³-hybridized carbons (Fsp3) is 0.111. The van der Waals surface area contributed by atoms with Gasteiger partial charge in [-0.05, 0) is 24.3 Å². The number of ether oxygens (including phenoxy) is 1. The van der Waals surface area contributed by atoms with Crippen molar-refractivity contribution in [3.8, 4) is 5.75 Å². The van der Waals surface area contributed by atoms with Crippen molar-refractivity contribution in [1.82, 2.24) is 0 Å². The quantitative estimate of drug-likeness (QED) is 0.693. The van der Waals surface area contributed by atoms with Crippen LogP contribution in [0.5, 0.6) is 5.75 Å². The Morgan fingerprint density at radius 3 is 2.23 bits per heavy atom. The highest BCUT2D eigenvalue weighted by molar-refractivity contribution is 7.90. The monoisotopic (exact) mass is 198 g/mol. The molecule has 1 rings (SSSR count). The summed E-state index contributed by atoms with van der Waals surface area (Å²) in [6.45, 7) is 3.39. The van der Waals surface area contributed by atoms with E-state index in [0.717, 1.165) is 6.26 Å². The minimum Gasteiger partial charge on any atom is -0.466 e. The number of rotatable bonds is 3. The van der Waals surface area contributed by atoms with Gasteiger partial charge in [-0.25, -0.2) is 8.42 Å². The zero-order valence-electron chi connectivity index (χ0n) is 7.23. The standard InChI is InChI=1S/C9H10O3S/c1-3-12-8-4-6-9(7-5-8)13(2,10)11/h3-7H,1H2,2H3. The molecule has 0 aliphatic heterocycles. The van der Waals surface area contributed by atoms with Gasteiger partial charge >= 0.3 is 0 Å². The van der Waals surface area contributed by atoms with Crippen LogP contribution in [0.15, 0.2) is 42.0 Å². The highest BCUT2D eigenvalue weighted by Crippen LogP contribution is 2.15. The Morgan fingerprint density at radius 2 is 1.85 bits per heavy atom. The molecule has 0 aliphatic rings. The van der Waals surface area contributed by atoms with Gasteiger partial charge in [0.1, 0.15) is 5.75 Å². The van der Waals surface area contributed by atoms with Crippen molar-refractivity contribution in [2.45, 2.75) is 4.90 Å². The molecule has 0 heterocycles. The van der Waals surface area contributed by atoms with Crippen molar-refractivity contribution < 1.29 is 13.2 Å². The van der Waals surface area contributed by atoms with Crippen LogP contribution in [0.3, 0.4) is 0 Å². The molecule has 13 heavy (non-hydrogen) atoms. The fourth-order valence-electron chi connectivity index (χ4n) is 0.862. The van der Waals surface area contributed by atoms with Gasteiger partial charge in [0, 0.05) is 6.26 Å². The lowest BCUT2D eigenvalue weighted by atomic mass is 10.3. The Bertz CT molecular complexity index is 389. The van der Waals surface area contributed by atoms with Crippen molar-refractivity contribution in [2.75, 3.05) is 6.26 Å². The second kappa shape index (κ2) is 3.62. The van der Waals surface area contributed by atoms with E-state index < -0.39 is 9.84 Å². The Balaban J connectivity index is 3.01. The Labute approximate surface area is 77.6 Å². The lowest BCUT2D eigenvalue weighted by molar-refractivity contribution is 0.483. The maximum Gasteiger partial charge on any atom is 0.175 e. The van der Waals surface area contributed by atoms with E-state index in [1.807, 2.05) is 0 Å². The normalized spacial score (nSPS) is 10.8. The van der Waals surface area contributed by atoms with Crippen LogP contribution >= 0.6 is 0 Å². The van der Waals surface area contributed by atoms with E-state index in [4.69, 9.17) is 4.74 Å². The third-order valence-corrected chi connectivity index (χ3v) is 2.60. The second-order valence-corrected chi connectivity index (χ2v) is 4.54. The Morgan fingerprint density at radius 1 is 1.31 bits per heavy atom. The zero-order valence-corrected chi connectivity index (χ0v) is 8.04. The average molecular weight is 198 g/mol.